The number of halogens is 1. The molecule has 0 atom stereocenters. The quantitative estimate of drug-likeness (QED) is 0.345. The molecule has 0 saturated carbocycles. The van der Waals surface area contributed by atoms with Crippen LogP contribution in [0.15, 0.2) is 54.7 Å². The summed E-state index contributed by atoms with van der Waals surface area (Å²) in [6, 6.07) is 13.1. The molecule has 2 heterocycles. The van der Waals surface area contributed by atoms with Crippen molar-refractivity contribution in [1.82, 2.24) is 9.97 Å². The van der Waals surface area contributed by atoms with E-state index >= 15 is 0 Å². The number of nitrogens with one attached hydrogen (secondary N) is 1. The molecule has 0 aliphatic rings. The first kappa shape index (κ1) is 19.0. The number of hydrogen-bond acceptors (Lipinski definition) is 6. The molecule has 4 rings (SSSR count). The number of thiazole rings is 1. The number of anilines is 1. The molecule has 0 spiro atoms. The highest BCUT2D eigenvalue weighted by Crippen LogP contribution is 2.32. The number of nitro benzene ring substituents is 1. The fraction of sp³-hybridized carbons (Fsp3) is 0.0500. The molecule has 1 amide bonds. The number of pyridine rings is 1. The maximum absolute atomic E-state index is 12.7. The topological polar surface area (TPSA) is 98.0 Å². The van der Waals surface area contributed by atoms with Gasteiger partial charge in [-0.25, -0.2) is 9.97 Å². The third-order valence-corrected chi connectivity index (χ3v) is 5.66. The summed E-state index contributed by atoms with van der Waals surface area (Å²) in [4.78, 5) is 32.9. The molecule has 0 aliphatic carbocycles. The fourth-order valence-corrected chi connectivity index (χ4v) is 3.88. The summed E-state index contributed by atoms with van der Waals surface area (Å²) in [5.74, 6) is -0.523. The Kier molecular flexibility index (Phi) is 4.96. The Hall–Kier alpha value is -3.36. The van der Waals surface area contributed by atoms with Crippen LogP contribution in [0.4, 0.5) is 11.4 Å². The van der Waals surface area contributed by atoms with Gasteiger partial charge >= 0.3 is 0 Å². The molecule has 29 heavy (non-hydrogen) atoms. The Labute approximate surface area is 174 Å². The number of hydrogen-bond donors (Lipinski definition) is 1. The van der Waals surface area contributed by atoms with Crippen molar-refractivity contribution >= 4 is 50.6 Å². The number of rotatable bonds is 4. The van der Waals surface area contributed by atoms with E-state index in [1.165, 1.54) is 23.5 Å². The van der Waals surface area contributed by atoms with Crippen molar-refractivity contribution in [2.75, 3.05) is 5.32 Å². The summed E-state index contributed by atoms with van der Waals surface area (Å²) in [6.07, 6.45) is 1.72. The van der Waals surface area contributed by atoms with Crippen LogP contribution in [0.1, 0.15) is 15.9 Å². The second-order valence-electron chi connectivity index (χ2n) is 6.25. The zero-order valence-electron chi connectivity index (χ0n) is 15.0. The highest BCUT2D eigenvalue weighted by Gasteiger charge is 2.17. The van der Waals surface area contributed by atoms with Gasteiger partial charge in [-0.1, -0.05) is 35.1 Å². The highest BCUT2D eigenvalue weighted by atomic mass is 35.5. The molecular formula is C20H13ClN4O3S. The lowest BCUT2D eigenvalue weighted by molar-refractivity contribution is -0.384. The molecule has 1 N–H and O–H groups in total. The molecule has 2 aromatic heterocycles. The summed E-state index contributed by atoms with van der Waals surface area (Å²) in [5, 5.41) is 14.7. The highest BCUT2D eigenvalue weighted by molar-refractivity contribution is 7.21. The van der Waals surface area contributed by atoms with E-state index in [4.69, 9.17) is 11.6 Å². The maximum Gasteiger partial charge on any atom is 0.270 e. The van der Waals surface area contributed by atoms with Gasteiger partial charge in [-0.3, -0.25) is 14.9 Å². The third kappa shape index (κ3) is 3.80. The number of amides is 1. The second-order valence-corrected chi connectivity index (χ2v) is 7.64. The van der Waals surface area contributed by atoms with Crippen LogP contribution in [0.2, 0.25) is 5.02 Å². The Morgan fingerprint density at radius 1 is 1.21 bits per heavy atom. The van der Waals surface area contributed by atoms with Crippen LogP contribution in [0.25, 0.3) is 20.9 Å². The van der Waals surface area contributed by atoms with Gasteiger partial charge in [0.25, 0.3) is 11.6 Å². The number of carbonyl (C=O) groups excluding carboxylic acids is 1. The van der Waals surface area contributed by atoms with Crippen molar-refractivity contribution in [3.8, 4) is 10.6 Å². The lowest BCUT2D eigenvalue weighted by Crippen LogP contribution is -2.13. The van der Waals surface area contributed by atoms with E-state index in [0.717, 1.165) is 32.5 Å². The van der Waals surface area contributed by atoms with E-state index in [1.54, 1.807) is 6.20 Å². The summed E-state index contributed by atoms with van der Waals surface area (Å²) < 4.78 is 0. The molecule has 9 heteroatoms. The first-order chi connectivity index (χ1) is 13.9. The van der Waals surface area contributed by atoms with E-state index in [0.29, 0.717) is 5.69 Å². The largest absolute Gasteiger partial charge is 0.322 e. The van der Waals surface area contributed by atoms with Crippen LogP contribution in [0.5, 0.6) is 0 Å². The Morgan fingerprint density at radius 2 is 2.03 bits per heavy atom. The number of aromatic nitrogens is 2. The van der Waals surface area contributed by atoms with Crippen molar-refractivity contribution in [3.63, 3.8) is 0 Å². The van der Waals surface area contributed by atoms with E-state index in [2.05, 4.69) is 15.3 Å². The number of nitro groups is 1. The number of non-ortho nitro benzene ring substituents is 1. The number of carbonyl (C=O) groups is 1. The van der Waals surface area contributed by atoms with Gasteiger partial charge in [0.05, 0.1) is 15.5 Å². The molecule has 4 aromatic rings. The molecule has 0 radical (unpaired) electrons. The SMILES string of the molecule is Cc1ccc(-c2nc3cccnc3s2)cc1NC(=O)c1cc([N+](=O)[O-])ccc1Cl. The Balaban J connectivity index is 1.67. The number of aryl methyl sites for hydroxylation is 1. The van der Waals surface area contributed by atoms with Gasteiger partial charge < -0.3 is 5.32 Å². The normalized spacial score (nSPS) is 10.8. The summed E-state index contributed by atoms with van der Waals surface area (Å²) in [6.45, 7) is 1.86. The van der Waals surface area contributed by atoms with Crippen molar-refractivity contribution in [2.45, 2.75) is 6.92 Å². The Bertz CT molecular complexity index is 1240. The predicted molar refractivity (Wildman–Crippen MR) is 114 cm³/mol. The minimum absolute atomic E-state index is 0.0369. The van der Waals surface area contributed by atoms with E-state index in [-0.39, 0.29) is 16.3 Å². The average Bonchev–Trinajstić information content (AvgIpc) is 3.14. The fourth-order valence-electron chi connectivity index (χ4n) is 2.77. The van der Waals surface area contributed by atoms with Crippen LogP contribution in [0, 0.1) is 17.0 Å². The number of fused-ring (bicyclic) bond motifs is 1. The number of benzene rings is 2. The van der Waals surface area contributed by atoms with Crippen molar-refractivity contribution in [3.05, 3.63) is 81.0 Å². The first-order valence-electron chi connectivity index (χ1n) is 8.50. The van der Waals surface area contributed by atoms with E-state index < -0.39 is 10.8 Å². The molecule has 144 valence electrons. The van der Waals surface area contributed by atoms with Gasteiger partial charge in [0, 0.05) is 29.6 Å². The summed E-state index contributed by atoms with van der Waals surface area (Å²) in [5.41, 5.74) is 2.88. The van der Waals surface area contributed by atoms with Crippen LogP contribution in [-0.2, 0) is 0 Å². The molecule has 0 fully saturated rings. The van der Waals surface area contributed by atoms with Gasteiger partial charge in [-0.2, -0.15) is 0 Å². The summed E-state index contributed by atoms with van der Waals surface area (Å²) in [7, 11) is 0. The van der Waals surface area contributed by atoms with Gasteiger partial charge in [-0.15, -0.1) is 0 Å². The van der Waals surface area contributed by atoms with Crippen LogP contribution in [0.3, 0.4) is 0 Å². The first-order valence-corrected chi connectivity index (χ1v) is 9.69. The minimum atomic E-state index is -0.569. The maximum atomic E-state index is 12.7. The van der Waals surface area contributed by atoms with Gasteiger partial charge in [0.1, 0.15) is 15.4 Å². The average molecular weight is 425 g/mol. The molecule has 7 nitrogen and oxygen atoms in total. The van der Waals surface area contributed by atoms with Crippen molar-refractivity contribution in [1.29, 1.82) is 0 Å². The smallest absolute Gasteiger partial charge is 0.270 e. The standard InChI is InChI=1S/C20H13ClN4O3S/c1-11-4-5-12(19-24-16-3-2-8-22-20(16)29-19)9-17(11)23-18(26)14-10-13(25(27)28)6-7-15(14)21/h2-10H,1H3,(H,23,26). The van der Waals surface area contributed by atoms with Crippen LogP contribution in [-0.4, -0.2) is 20.8 Å². The van der Waals surface area contributed by atoms with Crippen molar-refractivity contribution < 1.29 is 9.72 Å². The predicted octanol–water partition coefficient (Wildman–Crippen LogP) is 5.48. The Morgan fingerprint density at radius 3 is 2.79 bits per heavy atom. The monoisotopic (exact) mass is 424 g/mol. The number of nitrogens with zero attached hydrogens (tertiary/aromatic N) is 3. The lowest BCUT2D eigenvalue weighted by Gasteiger charge is -2.11. The van der Waals surface area contributed by atoms with Gasteiger partial charge in [-0.05, 0) is 36.8 Å². The molecule has 2 aromatic carbocycles. The molecule has 0 saturated heterocycles. The molecular weight excluding hydrogens is 412 g/mol. The van der Waals surface area contributed by atoms with Crippen LogP contribution < -0.4 is 5.32 Å². The molecule has 0 bridgehead atoms. The zero-order chi connectivity index (χ0) is 20.5. The second kappa shape index (κ2) is 7.57. The van der Waals surface area contributed by atoms with Gasteiger partial charge in [0.2, 0.25) is 0 Å². The third-order valence-electron chi connectivity index (χ3n) is 4.30. The van der Waals surface area contributed by atoms with Crippen molar-refractivity contribution in [2.24, 2.45) is 0 Å². The molecule has 0 unspecified atom stereocenters. The van der Waals surface area contributed by atoms with Crippen LogP contribution >= 0.6 is 22.9 Å². The molecule has 0 aliphatic heterocycles. The lowest BCUT2D eigenvalue weighted by atomic mass is 10.1. The zero-order valence-corrected chi connectivity index (χ0v) is 16.6. The minimum Gasteiger partial charge on any atom is -0.322 e. The summed E-state index contributed by atoms with van der Waals surface area (Å²) >= 11 is 7.53. The van der Waals surface area contributed by atoms with E-state index in [1.807, 2.05) is 37.3 Å². The van der Waals surface area contributed by atoms with E-state index in [9.17, 15) is 14.9 Å². The van der Waals surface area contributed by atoms with Gasteiger partial charge in [0.15, 0.2) is 0 Å².